The van der Waals surface area contributed by atoms with Crippen LogP contribution in [0.15, 0.2) is 35.6 Å². The molecule has 2 aliphatic heterocycles. The molecular weight excluding hydrogens is 753 g/mol. The Labute approximate surface area is 332 Å². The van der Waals surface area contributed by atoms with Gasteiger partial charge in [-0.25, -0.2) is 13.2 Å². The highest BCUT2D eigenvalue weighted by Gasteiger charge is 2.62. The summed E-state index contributed by atoms with van der Waals surface area (Å²) in [5.41, 5.74) is -0.410. The molecule has 16 heteroatoms. The number of aromatic nitrogens is 2. The van der Waals surface area contributed by atoms with Crippen LogP contribution < -0.4 is 25.7 Å². The minimum Gasteiger partial charge on any atom is -0.459 e. The molecular formula is C41H54N6O9S. The fourth-order valence-electron chi connectivity index (χ4n) is 9.63. The van der Waals surface area contributed by atoms with Crippen LogP contribution in [0.5, 0.6) is 6.01 Å². The number of hydrogen-bond donors (Lipinski definition) is 3. The average Bonchev–Trinajstić information content (AvgIpc) is 3.96. The van der Waals surface area contributed by atoms with Gasteiger partial charge in [0.2, 0.25) is 21.8 Å². The number of fused-ring (bicyclic) bond motifs is 5. The van der Waals surface area contributed by atoms with Crippen LogP contribution in [0.3, 0.4) is 0 Å². The lowest BCUT2D eigenvalue weighted by molar-refractivity contribution is -0.142. The van der Waals surface area contributed by atoms with Crippen LogP contribution in [0.25, 0.3) is 10.9 Å². The van der Waals surface area contributed by atoms with Crippen LogP contribution in [-0.4, -0.2) is 88.3 Å². The van der Waals surface area contributed by atoms with Gasteiger partial charge in [-0.2, -0.15) is 4.98 Å². The minimum atomic E-state index is -3.91. The zero-order valence-electron chi connectivity index (χ0n) is 32.6. The van der Waals surface area contributed by atoms with Gasteiger partial charge in [-0.3, -0.25) is 28.5 Å². The summed E-state index contributed by atoms with van der Waals surface area (Å²) in [6, 6.07) is 3.41. The number of ether oxygens (including phenoxy) is 2. The highest BCUT2D eigenvalue weighted by molar-refractivity contribution is 7.91. The van der Waals surface area contributed by atoms with Crippen LogP contribution >= 0.6 is 0 Å². The van der Waals surface area contributed by atoms with Gasteiger partial charge in [-0.1, -0.05) is 37.8 Å². The van der Waals surface area contributed by atoms with E-state index in [1.54, 1.807) is 10.6 Å². The third kappa shape index (κ3) is 8.02. The Morgan fingerprint density at radius 2 is 1.70 bits per heavy atom. The molecule has 0 radical (unpaired) electrons. The predicted molar refractivity (Wildman–Crippen MR) is 209 cm³/mol. The van der Waals surface area contributed by atoms with Crippen molar-refractivity contribution in [3.05, 3.63) is 46.8 Å². The Balaban J connectivity index is 1.14. The summed E-state index contributed by atoms with van der Waals surface area (Å²) in [4.78, 5) is 76.8. The number of carbonyl (C=O) groups excluding carboxylic acids is 4. The normalized spacial score (nSPS) is 31.2. The van der Waals surface area contributed by atoms with Gasteiger partial charge >= 0.3 is 6.09 Å². The van der Waals surface area contributed by atoms with E-state index in [9.17, 15) is 32.4 Å². The van der Waals surface area contributed by atoms with E-state index in [-0.39, 0.29) is 48.9 Å². The zero-order valence-corrected chi connectivity index (χ0v) is 33.4. The second kappa shape index (κ2) is 15.7. The molecule has 8 rings (SSSR count). The molecule has 57 heavy (non-hydrogen) atoms. The SMILES string of the molecule is C=C[C@@H]1C[C@]1(NC(=O)[C@@H]1C[C@@H]2CN1C(=O)[C@H](C1CCCC1)NC(=O)O[C@@H]1CCC[C@H]1CCCCCn1c(nc3cc(C)ccc3c1=O)O2)C(=O)NS(=O)(=O)C1CC1. The largest absolute Gasteiger partial charge is 0.459 e. The first-order valence-corrected chi connectivity index (χ1v) is 22.4. The Morgan fingerprint density at radius 3 is 2.44 bits per heavy atom. The first-order valence-electron chi connectivity index (χ1n) is 20.8. The summed E-state index contributed by atoms with van der Waals surface area (Å²) >= 11 is 0. The number of nitrogens with zero attached hydrogens (tertiary/aromatic N) is 3. The van der Waals surface area contributed by atoms with Crippen molar-refractivity contribution in [1.29, 1.82) is 0 Å². The van der Waals surface area contributed by atoms with Crippen molar-refractivity contribution >= 4 is 44.7 Å². The maximum atomic E-state index is 14.9. The van der Waals surface area contributed by atoms with Crippen molar-refractivity contribution in [2.75, 3.05) is 6.54 Å². The van der Waals surface area contributed by atoms with Crippen LogP contribution in [0.4, 0.5) is 4.79 Å². The fourth-order valence-corrected chi connectivity index (χ4v) is 11.0. The van der Waals surface area contributed by atoms with E-state index in [2.05, 4.69) is 21.9 Å². The molecule has 1 aromatic carbocycles. The number of nitrogens with one attached hydrogen (secondary N) is 3. The van der Waals surface area contributed by atoms with Crippen LogP contribution in [0.1, 0.15) is 102 Å². The molecule has 7 atom stereocenters. The Hall–Kier alpha value is -4.47. The molecule has 4 amide bonds. The Morgan fingerprint density at radius 1 is 0.965 bits per heavy atom. The van der Waals surface area contributed by atoms with E-state index >= 15 is 0 Å². The van der Waals surface area contributed by atoms with Crippen LogP contribution in [-0.2, 0) is 35.7 Å². The third-order valence-corrected chi connectivity index (χ3v) is 15.0. The molecule has 3 N–H and O–H groups in total. The summed E-state index contributed by atoms with van der Waals surface area (Å²) in [6.07, 6.45) is 9.96. The van der Waals surface area contributed by atoms with Crippen molar-refractivity contribution in [3.63, 3.8) is 0 Å². The molecule has 2 aromatic rings. The monoisotopic (exact) mass is 806 g/mol. The van der Waals surface area contributed by atoms with E-state index in [1.165, 1.54) is 11.0 Å². The molecule has 2 bridgehead atoms. The van der Waals surface area contributed by atoms with Crippen molar-refractivity contribution in [2.24, 2.45) is 17.8 Å². The fraction of sp³-hybridized carbons (Fsp3) is 0.659. The topological polar surface area (TPSA) is 195 Å². The standard InChI is InChI=1S/C41H54N6O9S/c1-3-27-22-41(27,38(51)45-57(53,54)29-16-17-29)44-35(48)32-21-28-23-47(32)37(50)34(26-11-6-7-12-26)43-40(52)56-33-14-9-13-25(33)10-5-4-8-19-46-36(49)30-18-15-24(2)20-31(30)42-39(46)55-28/h3,15,18,20,25-29,32-34H,1,4-14,16-17,19,21-23H2,2H3,(H,43,52)(H,44,48)(H,45,51)/t25-,27-,28-,32+,33-,34+,41-/m1/s1. The van der Waals surface area contributed by atoms with Crippen LogP contribution in [0.2, 0.25) is 0 Å². The number of carbonyl (C=O) groups is 4. The lowest BCUT2D eigenvalue weighted by atomic mass is 9.96. The Bertz CT molecular complexity index is 2110. The predicted octanol–water partition coefficient (Wildman–Crippen LogP) is 3.75. The zero-order chi connectivity index (χ0) is 40.1. The molecule has 0 unspecified atom stereocenters. The van der Waals surface area contributed by atoms with Gasteiger partial charge in [0.1, 0.15) is 29.8 Å². The minimum absolute atomic E-state index is 0.0122. The number of benzene rings is 1. The van der Waals surface area contributed by atoms with Gasteiger partial charge < -0.3 is 25.0 Å². The Kier molecular flexibility index (Phi) is 10.8. The summed E-state index contributed by atoms with van der Waals surface area (Å²) in [6.45, 7) is 6.00. The second-order valence-corrected chi connectivity index (χ2v) is 19.1. The molecule has 6 aliphatic rings. The second-order valence-electron chi connectivity index (χ2n) is 17.2. The highest BCUT2D eigenvalue weighted by atomic mass is 32.2. The number of alkyl carbamates (subject to hydrolysis) is 1. The number of sulfonamides is 1. The molecule has 1 aromatic heterocycles. The molecule has 3 heterocycles. The summed E-state index contributed by atoms with van der Waals surface area (Å²) in [5.74, 6) is -2.50. The highest BCUT2D eigenvalue weighted by Crippen LogP contribution is 2.46. The number of amides is 4. The molecule has 0 spiro atoms. The summed E-state index contributed by atoms with van der Waals surface area (Å²) in [7, 11) is -3.91. The van der Waals surface area contributed by atoms with Gasteiger partial charge in [0.05, 0.1) is 22.7 Å². The maximum Gasteiger partial charge on any atom is 0.408 e. The van der Waals surface area contributed by atoms with Crippen molar-refractivity contribution < 1.29 is 37.1 Å². The molecule has 5 fully saturated rings. The summed E-state index contributed by atoms with van der Waals surface area (Å²) < 4.78 is 41.9. The van der Waals surface area contributed by atoms with E-state index in [0.29, 0.717) is 49.6 Å². The smallest absolute Gasteiger partial charge is 0.408 e. The van der Waals surface area contributed by atoms with Gasteiger partial charge in [-0.05, 0) is 101 Å². The molecule has 4 aliphatic carbocycles. The van der Waals surface area contributed by atoms with Gasteiger partial charge in [-0.15, -0.1) is 6.58 Å². The van der Waals surface area contributed by atoms with E-state index < -0.39 is 68.7 Å². The van der Waals surface area contributed by atoms with Crippen LogP contribution in [0, 0.1) is 24.7 Å². The third-order valence-electron chi connectivity index (χ3n) is 13.2. The number of hydrogen-bond acceptors (Lipinski definition) is 10. The first-order chi connectivity index (χ1) is 27.4. The lowest BCUT2D eigenvalue weighted by Gasteiger charge is -2.32. The summed E-state index contributed by atoms with van der Waals surface area (Å²) in [5, 5.41) is 5.57. The lowest BCUT2D eigenvalue weighted by Crippen LogP contribution is -2.59. The van der Waals surface area contributed by atoms with E-state index in [0.717, 1.165) is 56.9 Å². The molecule has 1 saturated heterocycles. The van der Waals surface area contributed by atoms with Crippen molar-refractivity contribution in [1.82, 2.24) is 29.8 Å². The van der Waals surface area contributed by atoms with E-state index in [4.69, 9.17) is 14.5 Å². The first kappa shape index (κ1) is 39.4. The number of rotatable bonds is 7. The number of aryl methyl sites for hydroxylation is 1. The van der Waals surface area contributed by atoms with Crippen molar-refractivity contribution in [3.8, 4) is 6.01 Å². The van der Waals surface area contributed by atoms with Crippen molar-refractivity contribution in [2.45, 2.75) is 145 Å². The molecule has 308 valence electrons. The molecule has 15 nitrogen and oxygen atoms in total. The maximum absolute atomic E-state index is 14.9. The quantitative estimate of drug-likeness (QED) is 0.347. The van der Waals surface area contributed by atoms with Gasteiger partial charge in [0, 0.05) is 18.9 Å². The van der Waals surface area contributed by atoms with Gasteiger partial charge in [0.15, 0.2) is 0 Å². The van der Waals surface area contributed by atoms with Gasteiger partial charge in [0.25, 0.3) is 17.5 Å². The average molecular weight is 807 g/mol. The molecule has 4 saturated carbocycles. The van der Waals surface area contributed by atoms with E-state index in [1.807, 2.05) is 19.1 Å².